The Morgan fingerprint density at radius 3 is 2.59 bits per heavy atom. The fraction of sp³-hybridized carbons (Fsp3) is 0.136. The lowest BCUT2D eigenvalue weighted by Crippen LogP contribution is -2.17. The van der Waals surface area contributed by atoms with Crippen molar-refractivity contribution in [1.29, 1.82) is 0 Å². The van der Waals surface area contributed by atoms with Crippen LogP contribution in [0, 0.1) is 0 Å². The van der Waals surface area contributed by atoms with Crippen LogP contribution >= 0.6 is 11.6 Å². The molecule has 0 atom stereocenters. The van der Waals surface area contributed by atoms with Gasteiger partial charge < -0.3 is 9.73 Å². The number of carbonyl (C=O) groups excluding carboxylic acids is 1. The van der Waals surface area contributed by atoms with Crippen LogP contribution in [0.4, 0.5) is 5.95 Å². The van der Waals surface area contributed by atoms with Gasteiger partial charge in [-0.1, -0.05) is 60.1 Å². The molecule has 146 valence electrons. The molecule has 0 aliphatic rings. The van der Waals surface area contributed by atoms with Crippen molar-refractivity contribution in [2.45, 2.75) is 19.4 Å². The molecule has 0 fully saturated rings. The van der Waals surface area contributed by atoms with Gasteiger partial charge in [0.2, 0.25) is 17.7 Å². The molecule has 0 spiro atoms. The number of halogens is 1. The highest BCUT2D eigenvalue weighted by atomic mass is 35.5. The monoisotopic (exact) mass is 406 g/mol. The standard InChI is InChI=1S/C22H19ClN4O2/c23-18-10-5-4-9-17(18)15-24-22-25-21(19-11-6-14-29-19)26-27(22)20(28)13-12-16-7-2-1-3-8-16/h1-11,14H,12-13,15H2,(H,24,25,26). The Labute approximate surface area is 173 Å². The first-order valence-electron chi connectivity index (χ1n) is 9.26. The van der Waals surface area contributed by atoms with Gasteiger partial charge in [-0.25, -0.2) is 0 Å². The molecule has 6 nitrogen and oxygen atoms in total. The van der Waals surface area contributed by atoms with Crippen LogP contribution in [0.3, 0.4) is 0 Å². The van der Waals surface area contributed by atoms with Crippen LogP contribution in [0.25, 0.3) is 11.6 Å². The van der Waals surface area contributed by atoms with Crippen molar-refractivity contribution >= 4 is 23.5 Å². The van der Waals surface area contributed by atoms with E-state index in [1.807, 2.05) is 54.6 Å². The Kier molecular flexibility index (Phi) is 5.72. The Morgan fingerprint density at radius 2 is 1.83 bits per heavy atom. The number of furan rings is 1. The highest BCUT2D eigenvalue weighted by Crippen LogP contribution is 2.21. The number of aryl methyl sites for hydroxylation is 1. The van der Waals surface area contributed by atoms with Gasteiger partial charge in [0.1, 0.15) is 0 Å². The SMILES string of the molecule is O=C(CCc1ccccc1)n1nc(-c2ccco2)nc1NCc1ccccc1Cl. The molecule has 7 heteroatoms. The van der Waals surface area contributed by atoms with Gasteiger partial charge in [0, 0.05) is 18.0 Å². The van der Waals surface area contributed by atoms with Crippen LogP contribution in [0.2, 0.25) is 5.02 Å². The minimum Gasteiger partial charge on any atom is -0.461 e. The number of nitrogens with one attached hydrogen (secondary N) is 1. The van der Waals surface area contributed by atoms with Gasteiger partial charge in [0.05, 0.1) is 6.26 Å². The molecule has 0 aliphatic carbocycles. The van der Waals surface area contributed by atoms with Crippen LogP contribution in [0.1, 0.15) is 22.3 Å². The van der Waals surface area contributed by atoms with Crippen molar-refractivity contribution in [3.8, 4) is 11.6 Å². The molecule has 1 N–H and O–H groups in total. The lowest BCUT2D eigenvalue weighted by Gasteiger charge is -2.08. The maximum Gasteiger partial charge on any atom is 0.250 e. The lowest BCUT2D eigenvalue weighted by atomic mass is 10.1. The molecular formula is C22H19ClN4O2. The third-order valence-electron chi connectivity index (χ3n) is 4.45. The Hall–Kier alpha value is -3.38. The summed E-state index contributed by atoms with van der Waals surface area (Å²) in [4.78, 5) is 17.3. The number of rotatable bonds is 7. The molecule has 0 saturated carbocycles. The van der Waals surface area contributed by atoms with Crippen molar-refractivity contribution in [2.75, 3.05) is 5.32 Å². The molecule has 2 heterocycles. The predicted octanol–water partition coefficient (Wildman–Crippen LogP) is 5.08. The Bertz CT molecular complexity index is 1090. The van der Waals surface area contributed by atoms with Crippen molar-refractivity contribution in [2.24, 2.45) is 0 Å². The second kappa shape index (κ2) is 8.75. The number of hydrogen-bond donors (Lipinski definition) is 1. The summed E-state index contributed by atoms with van der Waals surface area (Å²) in [5.41, 5.74) is 2.00. The fourth-order valence-electron chi connectivity index (χ4n) is 2.93. The number of benzene rings is 2. The van der Waals surface area contributed by atoms with E-state index in [0.717, 1.165) is 11.1 Å². The number of hydrogen-bond acceptors (Lipinski definition) is 5. The van der Waals surface area contributed by atoms with E-state index >= 15 is 0 Å². The van der Waals surface area contributed by atoms with Gasteiger partial charge in [0.15, 0.2) is 5.76 Å². The van der Waals surface area contributed by atoms with Crippen LogP contribution in [-0.2, 0) is 13.0 Å². The Balaban J connectivity index is 1.55. The molecule has 2 aromatic carbocycles. The van der Waals surface area contributed by atoms with Gasteiger partial charge >= 0.3 is 0 Å². The number of anilines is 1. The summed E-state index contributed by atoms with van der Waals surface area (Å²) >= 11 is 6.23. The van der Waals surface area contributed by atoms with E-state index < -0.39 is 0 Å². The minimum atomic E-state index is -0.152. The van der Waals surface area contributed by atoms with Crippen LogP contribution in [0.5, 0.6) is 0 Å². The molecule has 0 radical (unpaired) electrons. The second-order valence-electron chi connectivity index (χ2n) is 6.47. The van der Waals surface area contributed by atoms with Crippen LogP contribution in [0.15, 0.2) is 77.4 Å². The molecule has 0 amide bonds. The van der Waals surface area contributed by atoms with E-state index in [1.54, 1.807) is 18.4 Å². The third kappa shape index (κ3) is 4.55. The molecule has 4 aromatic rings. The van der Waals surface area contributed by atoms with Crippen molar-refractivity contribution in [1.82, 2.24) is 14.8 Å². The van der Waals surface area contributed by atoms with Crippen molar-refractivity contribution in [3.05, 3.63) is 89.1 Å². The fourth-order valence-corrected chi connectivity index (χ4v) is 3.13. The zero-order valence-corrected chi connectivity index (χ0v) is 16.3. The van der Waals surface area contributed by atoms with Gasteiger partial charge in [0.25, 0.3) is 0 Å². The smallest absolute Gasteiger partial charge is 0.250 e. The molecule has 0 unspecified atom stereocenters. The van der Waals surface area contributed by atoms with E-state index in [4.69, 9.17) is 16.0 Å². The molecule has 2 aromatic heterocycles. The zero-order chi connectivity index (χ0) is 20.1. The average Bonchev–Trinajstić information content (AvgIpc) is 3.42. The van der Waals surface area contributed by atoms with E-state index in [9.17, 15) is 4.79 Å². The van der Waals surface area contributed by atoms with Gasteiger partial charge in [-0.2, -0.15) is 9.67 Å². The van der Waals surface area contributed by atoms with Gasteiger partial charge in [-0.05, 0) is 35.7 Å². The number of aromatic nitrogens is 3. The highest BCUT2D eigenvalue weighted by molar-refractivity contribution is 6.31. The third-order valence-corrected chi connectivity index (χ3v) is 4.82. The normalized spacial score (nSPS) is 10.8. The second-order valence-corrected chi connectivity index (χ2v) is 6.88. The topological polar surface area (TPSA) is 73.0 Å². The lowest BCUT2D eigenvalue weighted by molar-refractivity contribution is 0.0890. The first-order valence-corrected chi connectivity index (χ1v) is 9.64. The van der Waals surface area contributed by atoms with E-state index in [0.29, 0.717) is 41.9 Å². The van der Waals surface area contributed by atoms with E-state index in [1.165, 1.54) is 4.68 Å². The highest BCUT2D eigenvalue weighted by Gasteiger charge is 2.18. The average molecular weight is 407 g/mol. The minimum absolute atomic E-state index is 0.152. The molecule has 0 saturated heterocycles. The quantitative estimate of drug-likeness (QED) is 0.463. The van der Waals surface area contributed by atoms with Gasteiger partial charge in [-0.3, -0.25) is 4.79 Å². The number of carbonyl (C=O) groups is 1. The summed E-state index contributed by atoms with van der Waals surface area (Å²) in [5.74, 6) is 1.06. The Morgan fingerprint density at radius 1 is 1.03 bits per heavy atom. The number of nitrogens with zero attached hydrogens (tertiary/aromatic N) is 3. The zero-order valence-electron chi connectivity index (χ0n) is 15.6. The first-order chi connectivity index (χ1) is 14.2. The molecular weight excluding hydrogens is 388 g/mol. The summed E-state index contributed by atoms with van der Waals surface area (Å²) in [6.07, 6.45) is 2.48. The molecule has 29 heavy (non-hydrogen) atoms. The van der Waals surface area contributed by atoms with Crippen molar-refractivity contribution < 1.29 is 9.21 Å². The summed E-state index contributed by atoms with van der Waals surface area (Å²) in [7, 11) is 0. The summed E-state index contributed by atoms with van der Waals surface area (Å²) in [6.45, 7) is 0.419. The van der Waals surface area contributed by atoms with Gasteiger partial charge in [-0.15, -0.1) is 5.10 Å². The van der Waals surface area contributed by atoms with E-state index in [-0.39, 0.29) is 5.91 Å². The van der Waals surface area contributed by atoms with E-state index in [2.05, 4.69) is 15.4 Å². The summed E-state index contributed by atoms with van der Waals surface area (Å²) in [5, 5.41) is 8.19. The summed E-state index contributed by atoms with van der Waals surface area (Å²) in [6, 6.07) is 20.9. The molecule has 0 aliphatic heterocycles. The first kappa shape index (κ1) is 19.0. The van der Waals surface area contributed by atoms with Crippen molar-refractivity contribution in [3.63, 3.8) is 0 Å². The van der Waals surface area contributed by atoms with Crippen LogP contribution in [-0.4, -0.2) is 20.7 Å². The maximum atomic E-state index is 12.9. The predicted molar refractivity (Wildman–Crippen MR) is 112 cm³/mol. The summed E-state index contributed by atoms with van der Waals surface area (Å²) < 4.78 is 6.68. The van der Waals surface area contributed by atoms with Crippen LogP contribution < -0.4 is 5.32 Å². The maximum absolute atomic E-state index is 12.9. The molecule has 0 bridgehead atoms. The molecule has 4 rings (SSSR count). The largest absolute Gasteiger partial charge is 0.461 e.